The van der Waals surface area contributed by atoms with Crippen molar-refractivity contribution in [1.82, 2.24) is 10.2 Å². The van der Waals surface area contributed by atoms with Gasteiger partial charge in [-0.1, -0.05) is 58.9 Å². The number of benzene rings is 1. The second kappa shape index (κ2) is 9.07. The van der Waals surface area contributed by atoms with Gasteiger partial charge in [0.2, 0.25) is 5.91 Å². The molecule has 0 unspecified atom stereocenters. The lowest BCUT2D eigenvalue weighted by atomic mass is 9.85. The first-order valence-corrected chi connectivity index (χ1v) is 10.9. The van der Waals surface area contributed by atoms with Crippen LogP contribution in [0.1, 0.15) is 75.2 Å². The summed E-state index contributed by atoms with van der Waals surface area (Å²) in [4.78, 5) is 27.2. The molecule has 162 valence electrons. The van der Waals surface area contributed by atoms with E-state index in [1.54, 1.807) is 17.0 Å². The van der Waals surface area contributed by atoms with Crippen LogP contribution >= 0.6 is 0 Å². The predicted octanol–water partition coefficient (Wildman–Crippen LogP) is 4.94. The molecule has 1 atom stereocenters. The molecule has 1 aliphatic rings. The molecule has 1 saturated heterocycles. The molecule has 0 radical (unpaired) electrons. The predicted molar refractivity (Wildman–Crippen MR) is 118 cm³/mol. The number of carbonyl (C=O) groups is 2. The standard InChI is InChI=1S/C25H34N2O3/c1-17(2)22(18-8-10-20(11-9-18)25(3,4)5)26-23(28)19-12-14-27(15-13-19)24(29)21-7-6-16-30-21/h6-11,16-17,19,22H,12-15H2,1-5H3,(H,26,28)/t22-/m1/s1. The number of rotatable bonds is 5. The Kier molecular flexibility index (Phi) is 6.69. The van der Waals surface area contributed by atoms with Crippen molar-refractivity contribution in [2.75, 3.05) is 13.1 Å². The SMILES string of the molecule is CC(C)[C@@H](NC(=O)C1CCN(C(=O)c2ccco2)CC1)c1ccc(C(C)(C)C)cc1. The lowest BCUT2D eigenvalue weighted by Crippen LogP contribution is -2.44. The monoisotopic (exact) mass is 410 g/mol. The Hall–Kier alpha value is -2.56. The minimum absolute atomic E-state index is 0.0192. The van der Waals surface area contributed by atoms with E-state index in [1.807, 2.05) is 0 Å². The molecule has 1 aromatic heterocycles. The molecule has 1 aliphatic heterocycles. The van der Waals surface area contributed by atoms with Crippen molar-refractivity contribution < 1.29 is 14.0 Å². The molecule has 0 bridgehead atoms. The maximum Gasteiger partial charge on any atom is 0.289 e. The summed E-state index contributed by atoms with van der Waals surface area (Å²) in [6, 6.07) is 12.0. The van der Waals surface area contributed by atoms with Gasteiger partial charge in [0.25, 0.3) is 5.91 Å². The molecule has 2 amide bonds. The molecule has 0 saturated carbocycles. The maximum absolute atomic E-state index is 13.0. The number of hydrogen-bond donors (Lipinski definition) is 1. The van der Waals surface area contributed by atoms with Crippen molar-refractivity contribution in [3.05, 3.63) is 59.5 Å². The van der Waals surface area contributed by atoms with E-state index in [-0.39, 0.29) is 35.1 Å². The normalized spacial score (nSPS) is 16.5. The number of furan rings is 1. The molecule has 3 rings (SSSR count). The van der Waals surface area contributed by atoms with Gasteiger partial charge in [0.15, 0.2) is 5.76 Å². The average Bonchev–Trinajstić information content (AvgIpc) is 3.25. The van der Waals surface area contributed by atoms with Crippen LogP contribution in [0.15, 0.2) is 47.1 Å². The quantitative estimate of drug-likeness (QED) is 0.759. The van der Waals surface area contributed by atoms with Crippen LogP contribution in [0.4, 0.5) is 0 Å². The maximum atomic E-state index is 13.0. The summed E-state index contributed by atoms with van der Waals surface area (Å²) in [5, 5.41) is 3.27. The van der Waals surface area contributed by atoms with Gasteiger partial charge in [-0.3, -0.25) is 9.59 Å². The smallest absolute Gasteiger partial charge is 0.289 e. The van der Waals surface area contributed by atoms with Gasteiger partial charge < -0.3 is 14.6 Å². The van der Waals surface area contributed by atoms with E-state index in [9.17, 15) is 9.59 Å². The fraction of sp³-hybridized carbons (Fsp3) is 0.520. The zero-order valence-electron chi connectivity index (χ0n) is 18.8. The van der Waals surface area contributed by atoms with Gasteiger partial charge in [0.1, 0.15) is 0 Å². The van der Waals surface area contributed by atoms with Crippen LogP contribution in [-0.2, 0) is 10.2 Å². The van der Waals surface area contributed by atoms with Gasteiger partial charge in [-0.25, -0.2) is 0 Å². The molecule has 1 fully saturated rings. The van der Waals surface area contributed by atoms with Crippen molar-refractivity contribution in [2.45, 2.75) is 58.9 Å². The molecule has 1 aromatic carbocycles. The van der Waals surface area contributed by atoms with E-state index < -0.39 is 0 Å². The largest absolute Gasteiger partial charge is 0.459 e. The van der Waals surface area contributed by atoms with Gasteiger partial charge in [0.05, 0.1) is 12.3 Å². The number of amides is 2. The van der Waals surface area contributed by atoms with Crippen LogP contribution in [-0.4, -0.2) is 29.8 Å². The van der Waals surface area contributed by atoms with Gasteiger partial charge in [-0.2, -0.15) is 0 Å². The Bertz CT molecular complexity index is 840. The van der Waals surface area contributed by atoms with E-state index in [0.717, 1.165) is 5.56 Å². The number of carbonyl (C=O) groups excluding carboxylic acids is 2. The van der Waals surface area contributed by atoms with Crippen molar-refractivity contribution in [3.8, 4) is 0 Å². The summed E-state index contributed by atoms with van der Waals surface area (Å²) in [5.74, 6) is 0.559. The average molecular weight is 411 g/mol. The van der Waals surface area contributed by atoms with Gasteiger partial charge in [-0.15, -0.1) is 0 Å². The highest BCUT2D eigenvalue weighted by molar-refractivity contribution is 5.91. The zero-order valence-corrected chi connectivity index (χ0v) is 18.8. The van der Waals surface area contributed by atoms with Crippen molar-refractivity contribution in [1.29, 1.82) is 0 Å². The van der Waals surface area contributed by atoms with Crippen LogP contribution in [0.3, 0.4) is 0 Å². The lowest BCUT2D eigenvalue weighted by Gasteiger charge is -2.32. The Morgan fingerprint density at radius 1 is 1.07 bits per heavy atom. The second-order valence-electron chi connectivity index (χ2n) is 9.65. The third kappa shape index (κ3) is 5.13. The van der Waals surface area contributed by atoms with Gasteiger partial charge in [-0.05, 0) is 47.4 Å². The summed E-state index contributed by atoms with van der Waals surface area (Å²) >= 11 is 0. The number of likely N-dealkylation sites (tertiary alicyclic amines) is 1. The second-order valence-corrected chi connectivity index (χ2v) is 9.65. The molecule has 0 aliphatic carbocycles. The van der Waals surface area contributed by atoms with Crippen molar-refractivity contribution >= 4 is 11.8 Å². The topological polar surface area (TPSA) is 62.6 Å². The molecule has 2 aromatic rings. The van der Waals surface area contributed by atoms with Crippen LogP contribution in [0.25, 0.3) is 0 Å². The Labute approximate surface area is 179 Å². The summed E-state index contributed by atoms with van der Waals surface area (Å²) < 4.78 is 5.21. The third-order valence-corrected chi connectivity index (χ3v) is 5.99. The van der Waals surface area contributed by atoms with Crippen molar-refractivity contribution in [2.24, 2.45) is 11.8 Å². The van der Waals surface area contributed by atoms with E-state index in [1.165, 1.54) is 11.8 Å². The number of hydrogen-bond acceptors (Lipinski definition) is 3. The minimum atomic E-state index is -0.0992. The highest BCUT2D eigenvalue weighted by Crippen LogP contribution is 2.28. The van der Waals surface area contributed by atoms with Crippen molar-refractivity contribution in [3.63, 3.8) is 0 Å². The van der Waals surface area contributed by atoms with Crippen LogP contribution in [0, 0.1) is 11.8 Å². The Morgan fingerprint density at radius 3 is 2.20 bits per heavy atom. The molecule has 0 spiro atoms. The fourth-order valence-electron chi connectivity index (χ4n) is 4.00. The van der Waals surface area contributed by atoms with E-state index in [2.05, 4.69) is 64.2 Å². The molecule has 5 nitrogen and oxygen atoms in total. The molecular weight excluding hydrogens is 376 g/mol. The fourth-order valence-corrected chi connectivity index (χ4v) is 4.00. The number of piperidine rings is 1. The minimum Gasteiger partial charge on any atom is -0.459 e. The highest BCUT2D eigenvalue weighted by Gasteiger charge is 2.30. The Morgan fingerprint density at radius 2 is 1.70 bits per heavy atom. The molecular formula is C25H34N2O3. The number of nitrogens with zero attached hydrogens (tertiary/aromatic N) is 1. The van der Waals surface area contributed by atoms with Crippen LogP contribution < -0.4 is 5.32 Å². The first-order valence-electron chi connectivity index (χ1n) is 10.9. The lowest BCUT2D eigenvalue weighted by molar-refractivity contribution is -0.127. The highest BCUT2D eigenvalue weighted by atomic mass is 16.3. The van der Waals surface area contributed by atoms with Crippen LogP contribution in [0.2, 0.25) is 0 Å². The van der Waals surface area contributed by atoms with Gasteiger partial charge >= 0.3 is 0 Å². The molecule has 1 N–H and O–H groups in total. The Balaban J connectivity index is 1.60. The van der Waals surface area contributed by atoms with Crippen LogP contribution in [0.5, 0.6) is 0 Å². The zero-order chi connectivity index (χ0) is 21.9. The van der Waals surface area contributed by atoms with E-state index in [0.29, 0.717) is 31.7 Å². The molecule has 2 heterocycles. The summed E-state index contributed by atoms with van der Waals surface area (Å²) in [7, 11) is 0. The van der Waals surface area contributed by atoms with E-state index in [4.69, 9.17) is 4.42 Å². The first kappa shape index (κ1) is 22.1. The van der Waals surface area contributed by atoms with Gasteiger partial charge in [0, 0.05) is 19.0 Å². The summed E-state index contributed by atoms with van der Waals surface area (Å²) in [5.41, 5.74) is 2.53. The molecule has 5 heteroatoms. The van der Waals surface area contributed by atoms with E-state index >= 15 is 0 Å². The first-order chi connectivity index (χ1) is 14.2. The molecule has 30 heavy (non-hydrogen) atoms. The summed E-state index contributed by atoms with van der Waals surface area (Å²) in [6.45, 7) is 12.0. The third-order valence-electron chi connectivity index (χ3n) is 5.99. The summed E-state index contributed by atoms with van der Waals surface area (Å²) in [6.07, 6.45) is 2.85. The number of nitrogens with one attached hydrogen (secondary N) is 1.